The molecule has 0 aliphatic carbocycles. The van der Waals surface area contributed by atoms with Gasteiger partial charge in [0.25, 0.3) is 0 Å². The summed E-state index contributed by atoms with van der Waals surface area (Å²) in [6.07, 6.45) is 1.01. The minimum Gasteiger partial charge on any atom is -0.316 e. The van der Waals surface area contributed by atoms with E-state index in [-0.39, 0.29) is 12.3 Å². The molecule has 1 aliphatic rings. The Morgan fingerprint density at radius 2 is 2.56 bits per heavy atom. The average Bonchev–Trinajstić information content (AvgIpc) is 1.59. The molecule has 0 aromatic carbocycles. The highest BCUT2D eigenvalue weighted by molar-refractivity contribution is 9.18. The zero-order valence-electron chi connectivity index (χ0n) is 5.26. The minimum atomic E-state index is 0.0619. The highest BCUT2D eigenvalue weighted by atomic mass is 79.9. The monoisotopic (exact) mass is 191 g/mol. The molecular formula is C5H10BrN3. The first-order valence-corrected chi connectivity index (χ1v) is 3.71. The van der Waals surface area contributed by atoms with E-state index in [9.17, 15) is 0 Å². The van der Waals surface area contributed by atoms with Crippen LogP contribution in [0.5, 0.6) is 0 Å². The lowest BCUT2D eigenvalue weighted by Crippen LogP contribution is -2.46. The van der Waals surface area contributed by atoms with Crippen LogP contribution >= 0.6 is 15.9 Å². The number of nitrogens with two attached hydrogens (primary N) is 1. The molecule has 0 fully saturated rings. The van der Waals surface area contributed by atoms with Crippen LogP contribution in [0, 0.1) is 0 Å². The van der Waals surface area contributed by atoms with Crippen molar-refractivity contribution in [1.82, 2.24) is 5.32 Å². The number of hydrogen-bond acceptors (Lipinski definition) is 3. The van der Waals surface area contributed by atoms with Gasteiger partial charge in [0.15, 0.2) is 0 Å². The first-order valence-electron chi connectivity index (χ1n) is 2.92. The Bertz CT molecular complexity index is 134. The maximum Gasteiger partial charge on any atom is 0.0987 e. The lowest BCUT2D eigenvalue weighted by atomic mass is 10.3. The topological polar surface area (TPSA) is 50.4 Å². The Hall–Kier alpha value is 0.0700. The summed E-state index contributed by atoms with van der Waals surface area (Å²) in [6.45, 7) is 1.97. The molecule has 0 radical (unpaired) electrons. The number of nitrogens with zero attached hydrogens (tertiary/aromatic N) is 1. The molecule has 0 amide bonds. The van der Waals surface area contributed by atoms with Crippen molar-refractivity contribution in [3.05, 3.63) is 0 Å². The Labute approximate surface area is 62.8 Å². The molecule has 0 bridgehead atoms. The Morgan fingerprint density at radius 1 is 1.89 bits per heavy atom. The highest BCUT2D eigenvalue weighted by Gasteiger charge is 2.13. The van der Waals surface area contributed by atoms with Gasteiger partial charge in [-0.15, -0.1) is 0 Å². The fourth-order valence-corrected chi connectivity index (χ4v) is 1.51. The van der Waals surface area contributed by atoms with E-state index in [0.29, 0.717) is 0 Å². The molecule has 0 saturated heterocycles. The van der Waals surface area contributed by atoms with Gasteiger partial charge in [0.05, 0.1) is 17.0 Å². The third kappa shape index (κ3) is 2.04. The van der Waals surface area contributed by atoms with Crippen molar-refractivity contribution in [3.8, 4) is 0 Å². The van der Waals surface area contributed by atoms with Gasteiger partial charge >= 0.3 is 0 Å². The first kappa shape index (κ1) is 7.18. The Kier molecular flexibility index (Phi) is 2.21. The van der Waals surface area contributed by atoms with Gasteiger partial charge in [-0.05, 0) is 22.9 Å². The fraction of sp³-hybridized carbons (Fsp3) is 0.800. The van der Waals surface area contributed by atoms with Crippen molar-refractivity contribution >= 4 is 20.6 Å². The van der Waals surface area contributed by atoms with Gasteiger partial charge in [0.2, 0.25) is 0 Å². The molecule has 0 aromatic heterocycles. The maximum atomic E-state index is 5.59. The van der Waals surface area contributed by atoms with Crippen LogP contribution in [0.25, 0.3) is 0 Å². The summed E-state index contributed by atoms with van der Waals surface area (Å²) in [7, 11) is 0. The van der Waals surface area contributed by atoms with Crippen LogP contribution < -0.4 is 11.1 Å². The third-order valence-corrected chi connectivity index (χ3v) is 1.71. The van der Waals surface area contributed by atoms with Crippen LogP contribution in [-0.4, -0.2) is 17.0 Å². The molecular weight excluding hydrogens is 182 g/mol. The lowest BCUT2D eigenvalue weighted by Gasteiger charge is -2.21. The predicted octanol–water partition coefficient (Wildman–Crippen LogP) is 0.404. The largest absolute Gasteiger partial charge is 0.316 e. The van der Waals surface area contributed by atoms with Gasteiger partial charge in [-0.25, -0.2) is 0 Å². The van der Waals surface area contributed by atoms with Crippen LogP contribution in [0.3, 0.4) is 0 Å². The van der Waals surface area contributed by atoms with Crippen LogP contribution in [0.1, 0.15) is 13.3 Å². The average molecular weight is 192 g/mol. The van der Waals surface area contributed by atoms with Gasteiger partial charge in [-0.2, -0.15) is 0 Å². The van der Waals surface area contributed by atoms with Crippen molar-refractivity contribution in [3.63, 3.8) is 0 Å². The molecule has 0 spiro atoms. The molecule has 1 rings (SSSR count). The maximum absolute atomic E-state index is 5.59. The quantitative estimate of drug-likeness (QED) is 0.583. The van der Waals surface area contributed by atoms with Crippen molar-refractivity contribution in [1.29, 1.82) is 0 Å². The molecule has 0 aromatic rings. The van der Waals surface area contributed by atoms with Crippen molar-refractivity contribution in [2.45, 2.75) is 25.7 Å². The van der Waals surface area contributed by atoms with Gasteiger partial charge < -0.3 is 5.73 Å². The van der Waals surface area contributed by atoms with E-state index >= 15 is 0 Å². The van der Waals surface area contributed by atoms with Crippen LogP contribution in [0.2, 0.25) is 0 Å². The van der Waals surface area contributed by atoms with Crippen molar-refractivity contribution < 1.29 is 0 Å². The van der Waals surface area contributed by atoms with E-state index < -0.39 is 0 Å². The molecule has 1 heterocycles. The molecule has 2 atom stereocenters. The van der Waals surface area contributed by atoms with Crippen molar-refractivity contribution in [2.24, 2.45) is 10.7 Å². The summed E-state index contributed by atoms with van der Waals surface area (Å²) in [5.41, 5.74) is 5.59. The molecule has 0 saturated carbocycles. The zero-order chi connectivity index (χ0) is 6.85. The third-order valence-electron chi connectivity index (χ3n) is 1.18. The second kappa shape index (κ2) is 2.77. The molecule has 4 heteroatoms. The molecule has 0 unspecified atom stereocenters. The highest BCUT2D eigenvalue weighted by Crippen LogP contribution is 2.06. The molecule has 3 N–H and O–H groups in total. The van der Waals surface area contributed by atoms with Gasteiger partial charge in [0, 0.05) is 6.42 Å². The summed E-state index contributed by atoms with van der Waals surface area (Å²) < 4.78 is 0.959. The first-order chi connectivity index (χ1) is 4.18. The normalized spacial score (nSPS) is 36.1. The van der Waals surface area contributed by atoms with Gasteiger partial charge in [-0.1, -0.05) is 0 Å². The van der Waals surface area contributed by atoms with Crippen LogP contribution in [0.15, 0.2) is 4.99 Å². The second-order valence-corrected chi connectivity index (χ2v) is 3.07. The van der Waals surface area contributed by atoms with E-state index in [2.05, 4.69) is 26.2 Å². The van der Waals surface area contributed by atoms with Crippen LogP contribution in [0.4, 0.5) is 0 Å². The summed E-state index contributed by atoms with van der Waals surface area (Å²) >= 11 is 3.30. The van der Waals surface area contributed by atoms with E-state index in [4.69, 9.17) is 5.73 Å². The standard InChI is InChI=1S/C5H10BrN3/c1-3-8-4(6)2-5(7)9-3/h3,5,9H,2,7H2,1H3/t3-,5-/m1/s1. The van der Waals surface area contributed by atoms with E-state index in [1.807, 2.05) is 6.92 Å². The summed E-state index contributed by atoms with van der Waals surface area (Å²) in [5, 5.41) is 3.07. The minimum absolute atomic E-state index is 0.0619. The fourth-order valence-electron chi connectivity index (χ4n) is 0.850. The Balaban J connectivity index is 2.56. The lowest BCUT2D eigenvalue weighted by molar-refractivity contribution is 0.454. The smallest absolute Gasteiger partial charge is 0.0987 e. The Morgan fingerprint density at radius 3 is 3.00 bits per heavy atom. The van der Waals surface area contributed by atoms with E-state index in [1.54, 1.807) is 0 Å². The number of hydrogen-bond donors (Lipinski definition) is 2. The van der Waals surface area contributed by atoms with E-state index in [1.165, 1.54) is 0 Å². The number of aliphatic imine (C=N–C) groups is 1. The number of halogens is 1. The summed E-state index contributed by atoms with van der Waals surface area (Å²) in [6, 6.07) is 0. The van der Waals surface area contributed by atoms with Gasteiger partial charge in [0.1, 0.15) is 0 Å². The second-order valence-electron chi connectivity index (χ2n) is 2.16. The number of rotatable bonds is 0. The van der Waals surface area contributed by atoms with Gasteiger partial charge in [-0.3, -0.25) is 10.3 Å². The molecule has 52 valence electrons. The molecule has 1 aliphatic heterocycles. The summed E-state index contributed by atoms with van der Waals surface area (Å²) in [5.74, 6) is 0. The number of nitrogens with one attached hydrogen (secondary N) is 1. The summed E-state index contributed by atoms with van der Waals surface area (Å²) in [4.78, 5) is 4.18. The predicted molar refractivity (Wildman–Crippen MR) is 41.6 cm³/mol. The van der Waals surface area contributed by atoms with Crippen LogP contribution in [-0.2, 0) is 0 Å². The SMILES string of the molecule is C[C@@H]1N=C(Br)C[C@H](N)N1. The molecule has 9 heavy (non-hydrogen) atoms. The zero-order valence-corrected chi connectivity index (χ0v) is 6.85. The molecule has 3 nitrogen and oxygen atoms in total. The van der Waals surface area contributed by atoms with Crippen molar-refractivity contribution in [2.75, 3.05) is 0 Å². The van der Waals surface area contributed by atoms with E-state index in [0.717, 1.165) is 11.0 Å².